The van der Waals surface area contributed by atoms with Crippen LogP contribution in [0.25, 0.3) is 15.0 Å². The van der Waals surface area contributed by atoms with Crippen LogP contribution < -0.4 is 0 Å². The van der Waals surface area contributed by atoms with E-state index in [0.29, 0.717) is 33.4 Å². The van der Waals surface area contributed by atoms with Crippen LogP contribution in [-0.2, 0) is 0 Å². The highest BCUT2D eigenvalue weighted by molar-refractivity contribution is 5.64. The van der Waals surface area contributed by atoms with Crippen molar-refractivity contribution in [3.8, 4) is 18.2 Å². The van der Waals surface area contributed by atoms with Crippen molar-refractivity contribution in [2.24, 2.45) is 0 Å². The molecule has 0 bridgehead atoms. The zero-order chi connectivity index (χ0) is 13.7. The van der Waals surface area contributed by atoms with Crippen LogP contribution in [0.5, 0.6) is 0 Å². The number of hydrogen-bond donors (Lipinski definition) is 0. The van der Waals surface area contributed by atoms with E-state index in [9.17, 15) is 15.6 Å². The fourth-order valence-electron chi connectivity index (χ4n) is 1.86. The smallest absolute Gasteiger partial charge is 0.337 e. The van der Waals surface area contributed by atoms with Gasteiger partial charge in [0.2, 0.25) is 0 Å². The molecule has 0 atom stereocenters. The van der Waals surface area contributed by atoms with Gasteiger partial charge in [0.15, 0.2) is 0 Å². The Hall–Kier alpha value is -2.91. The highest BCUT2D eigenvalue weighted by Gasteiger charge is 2.22. The lowest BCUT2D eigenvalue weighted by molar-refractivity contribution is 1.25. The van der Waals surface area contributed by atoms with Crippen molar-refractivity contribution in [3.63, 3.8) is 0 Å². The summed E-state index contributed by atoms with van der Waals surface area (Å²) in [5.74, 6) is 0. The standard InChI is InChI=1S/C12H9N3O3/c1-7-10(4-13-16)8(2)12(6-15-18)9(3)11(7)5-14-17/h1-3H3. The highest BCUT2D eigenvalue weighted by Crippen LogP contribution is 2.26. The average molecular weight is 243 g/mol. The van der Waals surface area contributed by atoms with E-state index in [4.69, 9.17) is 0 Å². The number of rotatable bonds is 0. The average Bonchev–Trinajstić information content (AvgIpc) is 2.35. The molecule has 0 radical (unpaired) electrons. The first-order chi connectivity index (χ1) is 8.58. The monoisotopic (exact) mass is 243 g/mol. The summed E-state index contributed by atoms with van der Waals surface area (Å²) in [6, 6.07) is 6.81. The predicted octanol–water partition coefficient (Wildman–Crippen LogP) is 3.15. The van der Waals surface area contributed by atoms with Crippen LogP contribution in [0.2, 0.25) is 0 Å². The summed E-state index contributed by atoms with van der Waals surface area (Å²) in [7, 11) is 0. The fraction of sp³-hybridized carbons (Fsp3) is 0.250. The Morgan fingerprint density at radius 2 is 0.833 bits per heavy atom. The van der Waals surface area contributed by atoms with E-state index in [0.717, 1.165) is 0 Å². The molecule has 0 saturated heterocycles. The summed E-state index contributed by atoms with van der Waals surface area (Å²) >= 11 is 0. The molecule has 0 aromatic heterocycles. The molecule has 0 amide bonds. The van der Waals surface area contributed by atoms with E-state index < -0.39 is 0 Å². The lowest BCUT2D eigenvalue weighted by Crippen LogP contribution is -2.01. The van der Waals surface area contributed by atoms with Crippen LogP contribution in [-0.4, -0.2) is 0 Å². The van der Waals surface area contributed by atoms with Gasteiger partial charge in [-0.05, 0) is 37.5 Å². The van der Waals surface area contributed by atoms with Gasteiger partial charge in [0.1, 0.15) is 16.7 Å². The molecule has 1 aromatic rings. The summed E-state index contributed by atoms with van der Waals surface area (Å²) in [4.78, 5) is 0. The molecule has 0 fully saturated rings. The van der Waals surface area contributed by atoms with Crippen LogP contribution in [0.15, 0.2) is 0 Å². The van der Waals surface area contributed by atoms with Gasteiger partial charge in [-0.25, -0.2) is 0 Å². The van der Waals surface area contributed by atoms with E-state index >= 15 is 0 Å². The van der Waals surface area contributed by atoms with Gasteiger partial charge in [-0.3, -0.25) is 0 Å². The Kier molecular flexibility index (Phi) is 3.97. The first-order valence-corrected chi connectivity index (χ1v) is 4.97. The maximum atomic E-state index is 10.3. The van der Waals surface area contributed by atoms with E-state index in [1.165, 1.54) is 0 Å². The van der Waals surface area contributed by atoms with Crippen molar-refractivity contribution >= 4 is 0 Å². The van der Waals surface area contributed by atoms with Crippen LogP contribution >= 0.6 is 0 Å². The van der Waals surface area contributed by atoms with Crippen molar-refractivity contribution in [1.29, 1.82) is 0 Å². The first kappa shape index (κ1) is 13.2. The number of hydrogen-bond acceptors (Lipinski definition) is 3. The molecule has 0 heterocycles. The van der Waals surface area contributed by atoms with Crippen molar-refractivity contribution in [2.45, 2.75) is 20.8 Å². The molecule has 0 aliphatic rings. The molecule has 1 rings (SSSR count). The maximum absolute atomic E-state index is 10.3. The van der Waals surface area contributed by atoms with Gasteiger partial charge in [-0.2, -0.15) is 0 Å². The second-order valence-electron chi connectivity index (χ2n) is 3.61. The molecule has 0 aliphatic carbocycles. The maximum Gasteiger partial charge on any atom is 0.337 e. The largest absolute Gasteiger partial charge is 0.498 e. The minimum absolute atomic E-state index is 0.382. The number of benzene rings is 1. The van der Waals surface area contributed by atoms with E-state index in [2.05, 4.69) is 33.2 Å². The molecule has 1 aromatic carbocycles. The molecule has 0 aliphatic heterocycles. The summed E-state index contributed by atoms with van der Waals surface area (Å²) in [6.45, 7) is 5.04. The van der Waals surface area contributed by atoms with Crippen LogP contribution in [0, 0.1) is 54.6 Å². The fourth-order valence-corrected chi connectivity index (χ4v) is 1.86. The first-order valence-electron chi connectivity index (χ1n) is 4.97. The van der Waals surface area contributed by atoms with Crippen molar-refractivity contribution < 1.29 is 0 Å². The van der Waals surface area contributed by atoms with Crippen molar-refractivity contribution in [3.05, 3.63) is 64.0 Å². The molecule has 6 nitrogen and oxygen atoms in total. The molecule has 0 saturated carbocycles. The third-order valence-electron chi connectivity index (χ3n) is 2.72. The summed E-state index contributed by atoms with van der Waals surface area (Å²) in [5.41, 5.74) is 2.90. The Morgan fingerprint density at radius 3 is 1.00 bits per heavy atom. The van der Waals surface area contributed by atoms with Gasteiger partial charge in [-0.15, -0.1) is 0 Å². The summed E-state index contributed by atoms with van der Waals surface area (Å²) < 4.78 is 0. The Labute approximate surface area is 104 Å². The molecule has 90 valence electrons. The summed E-state index contributed by atoms with van der Waals surface area (Å²) in [5, 5.41) is 38.7. The van der Waals surface area contributed by atoms with E-state index in [1.807, 2.05) is 0 Å². The third kappa shape index (κ3) is 2.11. The van der Waals surface area contributed by atoms with Gasteiger partial charge in [0.05, 0.1) is 0 Å². The molecule has 0 N–H and O–H groups in total. The zero-order valence-corrected chi connectivity index (χ0v) is 10.1. The van der Waals surface area contributed by atoms with Gasteiger partial charge < -0.3 is 15.6 Å². The minimum atomic E-state index is 0.382. The van der Waals surface area contributed by atoms with Crippen LogP contribution in [0.1, 0.15) is 33.4 Å². The summed E-state index contributed by atoms with van der Waals surface area (Å²) in [6.07, 6.45) is 0. The van der Waals surface area contributed by atoms with Gasteiger partial charge >= 0.3 is 18.2 Å². The second kappa shape index (κ2) is 5.43. The second-order valence-corrected chi connectivity index (χ2v) is 3.61. The van der Waals surface area contributed by atoms with E-state index in [1.54, 1.807) is 20.8 Å². The quantitative estimate of drug-likeness (QED) is 0.656. The lowest BCUT2D eigenvalue weighted by atomic mass is 9.90. The number of nitrogens with zero attached hydrogens (tertiary/aromatic N) is 3. The Morgan fingerprint density at radius 1 is 0.611 bits per heavy atom. The normalized spacial score (nSPS) is 8.17. The van der Waals surface area contributed by atoms with Gasteiger partial charge in [-0.1, -0.05) is 0 Å². The molecular weight excluding hydrogens is 234 g/mol. The van der Waals surface area contributed by atoms with Gasteiger partial charge in [0, 0.05) is 15.0 Å². The van der Waals surface area contributed by atoms with Crippen molar-refractivity contribution in [2.75, 3.05) is 0 Å². The molecular formula is C12H9N3O3. The van der Waals surface area contributed by atoms with Gasteiger partial charge in [0.25, 0.3) is 0 Å². The molecule has 0 spiro atoms. The van der Waals surface area contributed by atoms with Crippen LogP contribution in [0.3, 0.4) is 0 Å². The highest BCUT2D eigenvalue weighted by atomic mass is 16.4. The topological polar surface area (TPSA) is 82.3 Å². The zero-order valence-electron chi connectivity index (χ0n) is 10.1. The predicted molar refractivity (Wildman–Crippen MR) is 69.8 cm³/mol. The molecule has 18 heavy (non-hydrogen) atoms. The Bertz CT molecular complexity index is 560. The van der Waals surface area contributed by atoms with Crippen molar-refractivity contribution in [1.82, 2.24) is 0 Å². The third-order valence-corrected chi connectivity index (χ3v) is 2.72. The van der Waals surface area contributed by atoms with Crippen LogP contribution in [0.4, 0.5) is 0 Å². The molecule has 6 heteroatoms. The van der Waals surface area contributed by atoms with E-state index in [-0.39, 0.29) is 0 Å². The lowest BCUT2D eigenvalue weighted by Gasteiger charge is -2.06. The SMILES string of the molecule is Cc1c(C#[N+][O-])c(C)c(C#[N+][O-])c(C)c1C#[N+][O-]. The minimum Gasteiger partial charge on any atom is -0.498 e. The Balaban J connectivity index is 3.87. The molecule has 0 unspecified atom stereocenters.